The van der Waals surface area contributed by atoms with Crippen molar-refractivity contribution in [1.82, 2.24) is 10.3 Å². The molecule has 0 bridgehead atoms. The average molecular weight is 394 g/mol. The summed E-state index contributed by atoms with van der Waals surface area (Å²) in [5, 5.41) is 6.94. The highest BCUT2D eigenvalue weighted by Crippen LogP contribution is 2.27. The predicted molar refractivity (Wildman–Crippen MR) is 115 cm³/mol. The molecule has 3 aromatic rings. The molecule has 6 heteroatoms. The molecule has 3 N–H and O–H groups in total. The molecular weight excluding hydrogens is 370 g/mol. The number of para-hydroxylation sites is 2. The quantitative estimate of drug-likeness (QED) is 0.600. The fourth-order valence-electron chi connectivity index (χ4n) is 3.55. The second-order valence-corrected chi connectivity index (χ2v) is 8.14. The van der Waals surface area contributed by atoms with Crippen LogP contribution in [0.1, 0.15) is 17.5 Å². The van der Waals surface area contributed by atoms with E-state index in [1.165, 1.54) is 22.7 Å². The molecule has 1 aliphatic rings. The van der Waals surface area contributed by atoms with Gasteiger partial charge in [-0.2, -0.15) is 0 Å². The molecule has 5 nitrogen and oxygen atoms in total. The van der Waals surface area contributed by atoms with Gasteiger partial charge in [0, 0.05) is 29.3 Å². The van der Waals surface area contributed by atoms with E-state index in [9.17, 15) is 9.59 Å². The van der Waals surface area contributed by atoms with Gasteiger partial charge < -0.3 is 15.6 Å². The zero-order valence-electron chi connectivity index (χ0n) is 15.5. The molecule has 4 rings (SSSR count). The number of thioether (sulfide) groups is 1. The molecule has 28 heavy (non-hydrogen) atoms. The van der Waals surface area contributed by atoms with Gasteiger partial charge in [-0.3, -0.25) is 9.59 Å². The van der Waals surface area contributed by atoms with Gasteiger partial charge in [-0.05, 0) is 42.5 Å². The van der Waals surface area contributed by atoms with Crippen LogP contribution in [-0.2, 0) is 22.4 Å². The van der Waals surface area contributed by atoms with Gasteiger partial charge in [0.25, 0.3) is 0 Å². The number of carbonyl (C=O) groups excluding carboxylic acids is 2. The van der Waals surface area contributed by atoms with Gasteiger partial charge in [0.1, 0.15) is 0 Å². The minimum absolute atomic E-state index is 0.0125. The highest BCUT2D eigenvalue weighted by Gasteiger charge is 2.24. The van der Waals surface area contributed by atoms with Crippen LogP contribution < -0.4 is 10.6 Å². The van der Waals surface area contributed by atoms with Gasteiger partial charge >= 0.3 is 0 Å². The summed E-state index contributed by atoms with van der Waals surface area (Å²) in [4.78, 5) is 27.9. The summed E-state index contributed by atoms with van der Waals surface area (Å²) in [7, 11) is 0. The number of aromatic nitrogens is 1. The van der Waals surface area contributed by atoms with Crippen molar-refractivity contribution in [3.05, 3.63) is 65.9 Å². The van der Waals surface area contributed by atoms with E-state index in [-0.39, 0.29) is 17.1 Å². The molecule has 1 aromatic heterocycles. The summed E-state index contributed by atoms with van der Waals surface area (Å²) in [6.45, 7) is 0.587. The first-order chi connectivity index (χ1) is 13.7. The molecule has 144 valence electrons. The zero-order chi connectivity index (χ0) is 19.3. The Hall–Kier alpha value is -2.73. The Labute approximate surface area is 168 Å². The van der Waals surface area contributed by atoms with E-state index in [0.717, 1.165) is 36.0 Å². The van der Waals surface area contributed by atoms with Gasteiger partial charge in [0.05, 0.1) is 11.0 Å². The molecule has 0 fully saturated rings. The molecule has 2 heterocycles. The van der Waals surface area contributed by atoms with Crippen molar-refractivity contribution in [3.8, 4) is 0 Å². The third kappa shape index (κ3) is 4.22. The summed E-state index contributed by atoms with van der Waals surface area (Å²) in [6.07, 6.45) is 4.36. The Bertz CT molecular complexity index is 998. The van der Waals surface area contributed by atoms with Crippen LogP contribution in [0.2, 0.25) is 0 Å². The lowest BCUT2D eigenvalue weighted by atomic mass is 10.1. The summed E-state index contributed by atoms with van der Waals surface area (Å²) < 4.78 is 0. The molecule has 2 amide bonds. The molecule has 0 saturated carbocycles. The van der Waals surface area contributed by atoms with E-state index < -0.39 is 0 Å². The number of H-pyrrole nitrogens is 1. The summed E-state index contributed by atoms with van der Waals surface area (Å²) >= 11 is 1.42. The lowest BCUT2D eigenvalue weighted by Crippen LogP contribution is -2.30. The number of hydrogen-bond donors (Lipinski definition) is 3. The lowest BCUT2D eigenvalue weighted by molar-refractivity contribution is -0.118. The van der Waals surface area contributed by atoms with Crippen molar-refractivity contribution in [2.75, 3.05) is 17.6 Å². The van der Waals surface area contributed by atoms with Crippen LogP contribution in [0.3, 0.4) is 0 Å². The number of aryl methyl sites for hydroxylation is 1. The molecule has 2 aromatic carbocycles. The number of anilines is 1. The monoisotopic (exact) mass is 393 g/mol. The number of benzene rings is 2. The molecular formula is C22H23N3O2S. The normalized spacial score (nSPS) is 16.3. The summed E-state index contributed by atoms with van der Waals surface area (Å²) in [6, 6.07) is 16.0. The van der Waals surface area contributed by atoms with Crippen molar-refractivity contribution < 1.29 is 9.59 Å². The van der Waals surface area contributed by atoms with Crippen LogP contribution in [0.4, 0.5) is 5.69 Å². The predicted octanol–water partition coefficient (Wildman–Crippen LogP) is 3.51. The van der Waals surface area contributed by atoms with Gasteiger partial charge in [0.15, 0.2) is 0 Å². The highest BCUT2D eigenvalue weighted by molar-refractivity contribution is 8.01. The number of carbonyl (C=O) groups is 2. The highest BCUT2D eigenvalue weighted by atomic mass is 32.2. The summed E-state index contributed by atoms with van der Waals surface area (Å²) in [5.74, 6) is 0.253. The second kappa shape index (κ2) is 8.52. The molecule has 0 unspecified atom stereocenters. The van der Waals surface area contributed by atoms with E-state index >= 15 is 0 Å². The maximum atomic E-state index is 12.4. The van der Waals surface area contributed by atoms with E-state index in [1.807, 2.05) is 48.7 Å². The topological polar surface area (TPSA) is 74.0 Å². The van der Waals surface area contributed by atoms with Crippen LogP contribution in [-0.4, -0.2) is 34.3 Å². The second-order valence-electron chi connectivity index (χ2n) is 6.94. The van der Waals surface area contributed by atoms with Gasteiger partial charge in [0.2, 0.25) is 11.8 Å². The molecule has 1 atom stereocenters. The van der Waals surface area contributed by atoms with E-state index in [1.54, 1.807) is 0 Å². The Balaban J connectivity index is 1.24. The number of rotatable bonds is 6. The first kappa shape index (κ1) is 18.6. The van der Waals surface area contributed by atoms with Crippen LogP contribution >= 0.6 is 11.8 Å². The maximum Gasteiger partial charge on any atom is 0.237 e. The van der Waals surface area contributed by atoms with Crippen molar-refractivity contribution >= 4 is 40.2 Å². The molecule has 0 spiro atoms. The Kier molecular flexibility index (Phi) is 5.67. The maximum absolute atomic E-state index is 12.4. The number of nitrogens with one attached hydrogen (secondary N) is 3. The van der Waals surface area contributed by atoms with Gasteiger partial charge in [-0.25, -0.2) is 0 Å². The number of amides is 2. The Morgan fingerprint density at radius 2 is 1.96 bits per heavy atom. The van der Waals surface area contributed by atoms with Crippen LogP contribution in [0.15, 0.2) is 54.7 Å². The SMILES string of the molecule is O=C(CS[C@@H]1CCc2ccccc2NC1=O)NCCc1c[nH]c2ccccc12. The van der Waals surface area contributed by atoms with Crippen molar-refractivity contribution in [2.24, 2.45) is 0 Å². The standard InChI is InChI=1S/C22H23N3O2S/c26-21(23-12-11-16-13-24-19-8-4-2-6-17(16)19)14-28-20-10-9-15-5-1-3-7-18(15)25-22(20)27/h1-8,13,20,24H,9-12,14H2,(H,23,26)(H,25,27)/t20-/m1/s1. The van der Waals surface area contributed by atoms with Crippen LogP contribution in [0, 0.1) is 0 Å². The van der Waals surface area contributed by atoms with E-state index in [0.29, 0.717) is 12.3 Å². The van der Waals surface area contributed by atoms with Gasteiger partial charge in [-0.1, -0.05) is 36.4 Å². The largest absolute Gasteiger partial charge is 0.361 e. The third-order valence-corrected chi connectivity index (χ3v) is 6.33. The first-order valence-electron chi connectivity index (χ1n) is 9.53. The lowest BCUT2D eigenvalue weighted by Gasteiger charge is -2.12. The molecule has 0 radical (unpaired) electrons. The van der Waals surface area contributed by atoms with Crippen molar-refractivity contribution in [1.29, 1.82) is 0 Å². The van der Waals surface area contributed by atoms with E-state index in [2.05, 4.69) is 21.7 Å². The number of fused-ring (bicyclic) bond motifs is 2. The minimum Gasteiger partial charge on any atom is -0.361 e. The average Bonchev–Trinajstić information content (AvgIpc) is 3.04. The Morgan fingerprint density at radius 3 is 2.89 bits per heavy atom. The smallest absolute Gasteiger partial charge is 0.237 e. The van der Waals surface area contributed by atoms with Gasteiger partial charge in [-0.15, -0.1) is 11.8 Å². The van der Waals surface area contributed by atoms with E-state index in [4.69, 9.17) is 0 Å². The fourth-order valence-corrected chi connectivity index (χ4v) is 4.50. The first-order valence-corrected chi connectivity index (χ1v) is 10.6. The van der Waals surface area contributed by atoms with Crippen LogP contribution in [0.25, 0.3) is 10.9 Å². The van der Waals surface area contributed by atoms with Crippen molar-refractivity contribution in [2.45, 2.75) is 24.5 Å². The van der Waals surface area contributed by atoms with Crippen LogP contribution in [0.5, 0.6) is 0 Å². The summed E-state index contributed by atoms with van der Waals surface area (Å²) in [5.41, 5.74) is 4.35. The molecule has 0 aliphatic carbocycles. The Morgan fingerprint density at radius 1 is 1.14 bits per heavy atom. The molecule has 1 aliphatic heterocycles. The van der Waals surface area contributed by atoms with Crippen molar-refractivity contribution in [3.63, 3.8) is 0 Å². The molecule has 0 saturated heterocycles. The number of aromatic amines is 1. The third-order valence-electron chi connectivity index (χ3n) is 5.05. The number of hydrogen-bond acceptors (Lipinski definition) is 3. The zero-order valence-corrected chi connectivity index (χ0v) is 16.4. The fraction of sp³-hybridized carbons (Fsp3) is 0.273. The minimum atomic E-state index is -0.202.